The summed E-state index contributed by atoms with van der Waals surface area (Å²) in [6, 6.07) is 0. The van der Waals surface area contributed by atoms with E-state index in [-0.39, 0.29) is 17.0 Å². The molecule has 0 unspecified atom stereocenters. The lowest BCUT2D eigenvalue weighted by atomic mass is 10.1. The van der Waals surface area contributed by atoms with Crippen LogP contribution in [-0.4, -0.2) is 24.6 Å². The molecule has 1 rings (SSSR count). The summed E-state index contributed by atoms with van der Waals surface area (Å²) >= 11 is 0. The van der Waals surface area contributed by atoms with E-state index in [0.717, 1.165) is 4.48 Å². The van der Waals surface area contributed by atoms with Crippen molar-refractivity contribution in [1.82, 2.24) is 0 Å². The molecule has 0 radical (unpaired) electrons. The first kappa shape index (κ1) is 10.2. The molecule has 1 nitrogen and oxygen atoms in total. The Labute approximate surface area is 74.1 Å². The molecule has 1 fully saturated rings. The summed E-state index contributed by atoms with van der Waals surface area (Å²) in [5.74, 6) is 0. The predicted molar refractivity (Wildman–Crippen MR) is 40.0 cm³/mol. The van der Waals surface area contributed by atoms with Crippen LogP contribution in [0.5, 0.6) is 0 Å². The minimum atomic E-state index is 0. The van der Waals surface area contributed by atoms with Crippen LogP contribution in [0.2, 0.25) is 0 Å². The highest BCUT2D eigenvalue weighted by Crippen LogP contribution is 2.15. The van der Waals surface area contributed by atoms with Gasteiger partial charge in [0.2, 0.25) is 0 Å². The van der Waals surface area contributed by atoms with E-state index in [9.17, 15) is 0 Å². The average Bonchev–Trinajstić information content (AvgIpc) is 1.90. The molecule has 0 amide bonds. The molecule has 60 valence electrons. The average molecular weight is 206 g/mol. The van der Waals surface area contributed by atoms with Crippen molar-refractivity contribution in [2.75, 3.05) is 20.1 Å². The zero-order chi connectivity index (χ0) is 6.74. The zero-order valence-electron chi connectivity index (χ0n) is 6.65. The van der Waals surface area contributed by atoms with Crippen molar-refractivity contribution in [3.8, 4) is 0 Å². The Hall–Kier alpha value is 0.180. The molecule has 1 heterocycles. The summed E-state index contributed by atoms with van der Waals surface area (Å²) in [6.45, 7) is 6.42. The monoisotopic (exact) mass is 205 g/mol. The van der Waals surface area contributed by atoms with E-state index in [4.69, 9.17) is 0 Å². The van der Waals surface area contributed by atoms with E-state index >= 15 is 0 Å². The molecular formula is C8H16BrN. The number of piperidine rings is 1. The molecule has 1 saturated heterocycles. The van der Waals surface area contributed by atoms with Gasteiger partial charge in [0, 0.05) is 0 Å². The van der Waals surface area contributed by atoms with Crippen molar-refractivity contribution in [3.63, 3.8) is 0 Å². The number of hydrogen-bond donors (Lipinski definition) is 0. The van der Waals surface area contributed by atoms with Crippen LogP contribution in [0.15, 0.2) is 12.8 Å². The molecule has 0 aromatic heterocycles. The van der Waals surface area contributed by atoms with E-state index in [2.05, 4.69) is 19.8 Å². The first-order valence-corrected chi connectivity index (χ1v) is 3.75. The molecular weight excluding hydrogens is 190 g/mol. The first-order chi connectivity index (χ1) is 4.27. The van der Waals surface area contributed by atoms with Crippen molar-refractivity contribution >= 4 is 0 Å². The number of nitrogens with zero attached hydrogens (tertiary/aromatic N) is 1. The molecule has 10 heavy (non-hydrogen) atoms. The van der Waals surface area contributed by atoms with Crippen LogP contribution in [0.4, 0.5) is 0 Å². The Balaban J connectivity index is 0.000000810. The molecule has 0 aromatic rings. The van der Waals surface area contributed by atoms with E-state index in [0.29, 0.717) is 0 Å². The van der Waals surface area contributed by atoms with Crippen LogP contribution in [0.25, 0.3) is 0 Å². The van der Waals surface area contributed by atoms with E-state index < -0.39 is 0 Å². The highest BCUT2D eigenvalue weighted by atomic mass is 79.9. The SMILES string of the molecule is C=C[N+]1(C)CCCCC1.[Br-]. The van der Waals surface area contributed by atoms with Gasteiger partial charge in [-0.25, -0.2) is 0 Å². The van der Waals surface area contributed by atoms with Gasteiger partial charge in [-0.3, -0.25) is 0 Å². The van der Waals surface area contributed by atoms with Gasteiger partial charge in [0.25, 0.3) is 0 Å². The van der Waals surface area contributed by atoms with Gasteiger partial charge in [-0.15, -0.1) is 0 Å². The minimum Gasteiger partial charge on any atom is -1.00 e. The highest BCUT2D eigenvalue weighted by molar-refractivity contribution is 4.59. The maximum Gasteiger partial charge on any atom is 0.0883 e. The Kier molecular flexibility index (Phi) is 4.22. The van der Waals surface area contributed by atoms with Gasteiger partial charge < -0.3 is 21.5 Å². The Morgan fingerprint density at radius 1 is 1.20 bits per heavy atom. The number of likely N-dealkylation sites (tertiary alicyclic amines) is 1. The van der Waals surface area contributed by atoms with Gasteiger partial charge in [-0.2, -0.15) is 0 Å². The Bertz CT molecular complexity index is 106. The third-order valence-corrected chi connectivity index (χ3v) is 2.28. The second kappa shape index (κ2) is 4.14. The number of quaternary nitrogens is 1. The third-order valence-electron chi connectivity index (χ3n) is 2.28. The summed E-state index contributed by atoms with van der Waals surface area (Å²) in [6.07, 6.45) is 6.24. The van der Waals surface area contributed by atoms with Crippen LogP contribution in [0.1, 0.15) is 19.3 Å². The second-order valence-electron chi connectivity index (χ2n) is 3.17. The molecule has 0 aliphatic carbocycles. The molecule has 0 atom stereocenters. The minimum absolute atomic E-state index is 0. The van der Waals surface area contributed by atoms with Crippen LogP contribution >= 0.6 is 0 Å². The predicted octanol–water partition coefficient (Wildman–Crippen LogP) is -1.24. The maximum atomic E-state index is 3.83. The molecule has 0 spiro atoms. The fourth-order valence-electron chi connectivity index (χ4n) is 1.42. The highest BCUT2D eigenvalue weighted by Gasteiger charge is 2.20. The lowest BCUT2D eigenvalue weighted by molar-refractivity contribution is -0.864. The molecule has 1 aliphatic heterocycles. The molecule has 0 saturated carbocycles. The Morgan fingerprint density at radius 2 is 1.70 bits per heavy atom. The molecule has 0 aromatic carbocycles. The first-order valence-electron chi connectivity index (χ1n) is 3.75. The third kappa shape index (κ3) is 2.43. The fourth-order valence-corrected chi connectivity index (χ4v) is 1.42. The van der Waals surface area contributed by atoms with E-state index in [1.807, 2.05) is 0 Å². The lowest BCUT2D eigenvalue weighted by Gasteiger charge is -2.33. The molecule has 0 bridgehead atoms. The number of halogens is 1. The maximum absolute atomic E-state index is 3.83. The standard InChI is InChI=1S/C8H16N.BrH/c1-3-9(2)7-5-4-6-8-9;/h3H,1,4-8H2,2H3;1H/q+1;/p-1. The number of hydrogen-bond acceptors (Lipinski definition) is 0. The van der Waals surface area contributed by atoms with Crippen molar-refractivity contribution in [2.45, 2.75) is 19.3 Å². The van der Waals surface area contributed by atoms with Crippen LogP contribution in [0.3, 0.4) is 0 Å². The summed E-state index contributed by atoms with van der Waals surface area (Å²) < 4.78 is 1.08. The normalized spacial score (nSPS) is 22.9. The largest absolute Gasteiger partial charge is 1.00 e. The van der Waals surface area contributed by atoms with Crippen molar-refractivity contribution < 1.29 is 21.5 Å². The molecule has 2 heteroatoms. The molecule has 0 N–H and O–H groups in total. The van der Waals surface area contributed by atoms with Crippen molar-refractivity contribution in [1.29, 1.82) is 0 Å². The van der Waals surface area contributed by atoms with Crippen molar-refractivity contribution in [2.24, 2.45) is 0 Å². The number of rotatable bonds is 1. The van der Waals surface area contributed by atoms with E-state index in [1.54, 1.807) is 0 Å². The topological polar surface area (TPSA) is 0 Å². The fraction of sp³-hybridized carbons (Fsp3) is 0.750. The van der Waals surface area contributed by atoms with E-state index in [1.165, 1.54) is 32.4 Å². The summed E-state index contributed by atoms with van der Waals surface area (Å²) in [7, 11) is 2.26. The summed E-state index contributed by atoms with van der Waals surface area (Å²) in [5.41, 5.74) is 0. The van der Waals surface area contributed by atoms with Crippen LogP contribution in [-0.2, 0) is 0 Å². The van der Waals surface area contributed by atoms with Gasteiger partial charge in [-0.05, 0) is 25.8 Å². The van der Waals surface area contributed by atoms with Gasteiger partial charge in [-0.1, -0.05) is 0 Å². The molecule has 1 aliphatic rings. The lowest BCUT2D eigenvalue weighted by Crippen LogP contribution is -3.00. The summed E-state index contributed by atoms with van der Waals surface area (Å²) in [5, 5.41) is 0. The van der Waals surface area contributed by atoms with Gasteiger partial charge >= 0.3 is 0 Å². The van der Waals surface area contributed by atoms with Crippen LogP contribution < -0.4 is 17.0 Å². The van der Waals surface area contributed by atoms with Gasteiger partial charge in [0.15, 0.2) is 0 Å². The van der Waals surface area contributed by atoms with Gasteiger partial charge in [0.1, 0.15) is 0 Å². The Morgan fingerprint density at radius 3 is 2.00 bits per heavy atom. The smallest absolute Gasteiger partial charge is 0.0883 e. The quantitative estimate of drug-likeness (QED) is 0.471. The second-order valence-corrected chi connectivity index (χ2v) is 3.17. The van der Waals surface area contributed by atoms with Crippen LogP contribution in [0, 0.1) is 0 Å². The summed E-state index contributed by atoms with van der Waals surface area (Å²) in [4.78, 5) is 0. The van der Waals surface area contributed by atoms with Gasteiger partial charge in [0.05, 0.1) is 26.3 Å². The zero-order valence-corrected chi connectivity index (χ0v) is 8.23. The van der Waals surface area contributed by atoms with Crippen molar-refractivity contribution in [3.05, 3.63) is 12.8 Å².